The van der Waals surface area contributed by atoms with Crippen molar-refractivity contribution in [2.75, 3.05) is 5.88 Å². The van der Waals surface area contributed by atoms with Crippen LogP contribution in [0.4, 0.5) is 4.39 Å². The van der Waals surface area contributed by atoms with Gasteiger partial charge in [-0.25, -0.2) is 9.37 Å². The lowest BCUT2D eigenvalue weighted by Crippen LogP contribution is -2.04. The second-order valence-corrected chi connectivity index (χ2v) is 5.53. The number of nitrogens with zero attached hydrogens (tertiary/aromatic N) is 2. The van der Waals surface area contributed by atoms with Crippen LogP contribution in [0.1, 0.15) is 17.0 Å². The van der Waals surface area contributed by atoms with Crippen molar-refractivity contribution in [3.8, 4) is 5.69 Å². The van der Waals surface area contributed by atoms with Crippen LogP contribution < -0.4 is 0 Å². The Labute approximate surface area is 128 Å². The largest absolute Gasteiger partial charge is 0.296 e. The molecule has 1 heterocycles. The molecule has 0 radical (unpaired) electrons. The molecule has 3 aromatic rings. The van der Waals surface area contributed by atoms with Gasteiger partial charge in [0.1, 0.15) is 11.6 Å². The summed E-state index contributed by atoms with van der Waals surface area (Å²) >= 11 is 5.90. The number of aryl methyl sites for hydroxylation is 2. The summed E-state index contributed by atoms with van der Waals surface area (Å²) in [6.07, 6.45) is 0.644. The highest BCUT2D eigenvalue weighted by molar-refractivity contribution is 6.17. The highest BCUT2D eigenvalue weighted by atomic mass is 35.5. The summed E-state index contributed by atoms with van der Waals surface area (Å²) in [6, 6.07) is 10.9. The molecule has 0 aliphatic heterocycles. The molecule has 0 N–H and O–H groups in total. The summed E-state index contributed by atoms with van der Waals surface area (Å²) in [5.41, 5.74) is 5.05. The van der Waals surface area contributed by atoms with Gasteiger partial charge >= 0.3 is 0 Å². The second kappa shape index (κ2) is 5.49. The number of aromatic nitrogens is 2. The summed E-state index contributed by atoms with van der Waals surface area (Å²) in [7, 11) is 0. The second-order valence-electron chi connectivity index (χ2n) is 5.15. The molecule has 0 bridgehead atoms. The molecule has 0 aliphatic rings. The number of alkyl halides is 1. The predicted molar refractivity (Wildman–Crippen MR) is 84.9 cm³/mol. The maximum atomic E-state index is 13.4. The molecule has 0 fully saturated rings. The zero-order chi connectivity index (χ0) is 15.0. The number of benzene rings is 2. The number of fused-ring (bicyclic) bond motifs is 1. The average molecular weight is 303 g/mol. The minimum atomic E-state index is -0.273. The first-order valence-electron chi connectivity index (χ1n) is 6.91. The van der Waals surface area contributed by atoms with Gasteiger partial charge < -0.3 is 0 Å². The molecule has 0 saturated carbocycles. The fourth-order valence-electron chi connectivity index (χ4n) is 2.60. The van der Waals surface area contributed by atoms with Crippen LogP contribution in [-0.4, -0.2) is 15.4 Å². The number of hydrogen-bond acceptors (Lipinski definition) is 1. The smallest absolute Gasteiger partial charge is 0.125 e. The van der Waals surface area contributed by atoms with Gasteiger partial charge in [0.2, 0.25) is 0 Å². The summed E-state index contributed by atoms with van der Waals surface area (Å²) in [5.74, 6) is 1.07. The van der Waals surface area contributed by atoms with E-state index in [0.717, 1.165) is 17.0 Å². The van der Waals surface area contributed by atoms with Crippen LogP contribution in [-0.2, 0) is 6.42 Å². The topological polar surface area (TPSA) is 17.8 Å². The van der Waals surface area contributed by atoms with Crippen molar-refractivity contribution in [2.45, 2.75) is 20.3 Å². The number of imidazole rings is 1. The number of rotatable bonds is 3. The molecule has 4 heteroatoms. The Kier molecular flexibility index (Phi) is 3.68. The van der Waals surface area contributed by atoms with Gasteiger partial charge in [0, 0.05) is 18.4 Å². The van der Waals surface area contributed by atoms with E-state index >= 15 is 0 Å². The number of hydrogen-bond donors (Lipinski definition) is 0. The zero-order valence-corrected chi connectivity index (χ0v) is 12.8. The first-order chi connectivity index (χ1) is 10.1. The van der Waals surface area contributed by atoms with E-state index < -0.39 is 0 Å². The zero-order valence-electron chi connectivity index (χ0n) is 12.0. The van der Waals surface area contributed by atoms with Gasteiger partial charge in [0.15, 0.2) is 0 Å². The van der Waals surface area contributed by atoms with E-state index in [-0.39, 0.29) is 5.82 Å². The minimum absolute atomic E-state index is 0.273. The lowest BCUT2D eigenvalue weighted by Gasteiger charge is -2.13. The molecule has 0 atom stereocenters. The van der Waals surface area contributed by atoms with E-state index in [9.17, 15) is 4.39 Å². The third-order valence-electron chi connectivity index (χ3n) is 3.82. The van der Waals surface area contributed by atoms with Crippen molar-refractivity contribution in [3.63, 3.8) is 0 Å². The molecule has 2 aromatic carbocycles. The van der Waals surface area contributed by atoms with Gasteiger partial charge in [-0.2, -0.15) is 0 Å². The van der Waals surface area contributed by atoms with Gasteiger partial charge in [-0.15, -0.1) is 11.6 Å². The van der Waals surface area contributed by atoms with Crippen molar-refractivity contribution in [1.82, 2.24) is 9.55 Å². The van der Waals surface area contributed by atoms with Crippen LogP contribution in [0.3, 0.4) is 0 Å². The fraction of sp³-hybridized carbons (Fsp3) is 0.235. The van der Waals surface area contributed by atoms with Gasteiger partial charge in [-0.3, -0.25) is 4.57 Å². The van der Waals surface area contributed by atoms with E-state index in [0.29, 0.717) is 17.8 Å². The summed E-state index contributed by atoms with van der Waals surface area (Å²) in [5, 5.41) is 0. The van der Waals surface area contributed by atoms with Crippen LogP contribution in [0.5, 0.6) is 0 Å². The van der Waals surface area contributed by atoms with E-state index in [1.807, 2.05) is 6.07 Å². The Morgan fingerprint density at radius 2 is 2.00 bits per heavy atom. The van der Waals surface area contributed by atoms with E-state index in [1.165, 1.54) is 23.3 Å². The van der Waals surface area contributed by atoms with Crippen molar-refractivity contribution in [3.05, 3.63) is 59.2 Å². The van der Waals surface area contributed by atoms with Crippen LogP contribution >= 0.6 is 11.6 Å². The molecule has 108 valence electrons. The SMILES string of the molecule is Cc1cccc(-n2c(CCCl)nc3cc(F)ccc32)c1C. The lowest BCUT2D eigenvalue weighted by molar-refractivity contribution is 0.629. The van der Waals surface area contributed by atoms with Crippen LogP contribution in [0.2, 0.25) is 0 Å². The maximum Gasteiger partial charge on any atom is 0.125 e. The summed E-state index contributed by atoms with van der Waals surface area (Å²) < 4.78 is 15.5. The Hall–Kier alpha value is -1.87. The minimum Gasteiger partial charge on any atom is -0.296 e. The van der Waals surface area contributed by atoms with Crippen molar-refractivity contribution < 1.29 is 4.39 Å². The molecule has 0 aliphatic carbocycles. The Bertz CT molecular complexity index is 808. The molecule has 21 heavy (non-hydrogen) atoms. The summed E-state index contributed by atoms with van der Waals surface area (Å²) in [6.45, 7) is 4.17. The average Bonchev–Trinajstić information content (AvgIpc) is 2.79. The number of halogens is 2. The van der Waals surface area contributed by atoms with Crippen LogP contribution in [0, 0.1) is 19.7 Å². The third kappa shape index (κ3) is 2.42. The van der Waals surface area contributed by atoms with Crippen molar-refractivity contribution >= 4 is 22.6 Å². The van der Waals surface area contributed by atoms with Gasteiger partial charge in [0.05, 0.1) is 16.7 Å². The van der Waals surface area contributed by atoms with Crippen molar-refractivity contribution in [1.29, 1.82) is 0 Å². The predicted octanol–water partition coefficient (Wildman–Crippen LogP) is 4.56. The normalized spacial score (nSPS) is 11.2. The van der Waals surface area contributed by atoms with Gasteiger partial charge in [-0.1, -0.05) is 12.1 Å². The van der Waals surface area contributed by atoms with E-state index in [1.54, 1.807) is 6.07 Å². The Balaban J connectivity index is 2.33. The molecule has 0 unspecified atom stereocenters. The third-order valence-corrected chi connectivity index (χ3v) is 4.01. The molecule has 3 rings (SSSR count). The molecule has 0 spiro atoms. The molecular weight excluding hydrogens is 287 g/mol. The molecule has 1 aromatic heterocycles. The molecule has 0 amide bonds. The van der Waals surface area contributed by atoms with E-state index in [4.69, 9.17) is 11.6 Å². The summed E-state index contributed by atoms with van der Waals surface area (Å²) in [4.78, 5) is 4.55. The lowest BCUT2D eigenvalue weighted by atomic mass is 10.1. The standard InChI is InChI=1S/C17H16ClFN2/c1-11-4-3-5-15(12(11)2)21-16-7-6-13(19)10-14(16)20-17(21)8-9-18/h3-7,10H,8-9H2,1-2H3. The molecular formula is C17H16ClFN2. The van der Waals surface area contributed by atoms with E-state index in [2.05, 4.69) is 35.5 Å². The van der Waals surface area contributed by atoms with Crippen LogP contribution in [0.25, 0.3) is 16.7 Å². The highest BCUT2D eigenvalue weighted by Gasteiger charge is 2.14. The fourth-order valence-corrected chi connectivity index (χ4v) is 2.77. The maximum absolute atomic E-state index is 13.4. The molecule has 0 saturated heterocycles. The first-order valence-corrected chi connectivity index (χ1v) is 7.44. The quantitative estimate of drug-likeness (QED) is 0.648. The van der Waals surface area contributed by atoms with Gasteiger partial charge in [0.25, 0.3) is 0 Å². The molecule has 2 nitrogen and oxygen atoms in total. The van der Waals surface area contributed by atoms with Gasteiger partial charge in [-0.05, 0) is 43.2 Å². The van der Waals surface area contributed by atoms with Crippen LogP contribution in [0.15, 0.2) is 36.4 Å². The Morgan fingerprint density at radius 1 is 1.19 bits per heavy atom. The Morgan fingerprint density at radius 3 is 2.76 bits per heavy atom. The first kappa shape index (κ1) is 14.1. The monoisotopic (exact) mass is 302 g/mol. The highest BCUT2D eigenvalue weighted by Crippen LogP contribution is 2.26. The van der Waals surface area contributed by atoms with Crippen molar-refractivity contribution in [2.24, 2.45) is 0 Å².